The highest BCUT2D eigenvalue weighted by molar-refractivity contribution is 5.96. The molecule has 19 heteroatoms. The smallest absolute Gasteiger partial charge is 0.328 e. The molecule has 0 spiro atoms. The summed E-state index contributed by atoms with van der Waals surface area (Å²) in [5.74, 6) is -7.29. The van der Waals surface area contributed by atoms with Crippen LogP contribution in [-0.4, -0.2) is 136 Å². The van der Waals surface area contributed by atoms with E-state index in [1.807, 2.05) is 13.8 Å². The molecular formula is C34H60N8O11. The lowest BCUT2D eigenvalue weighted by Gasteiger charge is -2.29. The number of aliphatic hydroxyl groups excluding tert-OH is 2. The molecule has 0 aliphatic carbocycles. The Morgan fingerprint density at radius 1 is 0.717 bits per heavy atom. The van der Waals surface area contributed by atoms with Gasteiger partial charge < -0.3 is 57.9 Å². The third-order valence-electron chi connectivity index (χ3n) is 8.94. The van der Waals surface area contributed by atoms with Crippen molar-refractivity contribution in [3.63, 3.8) is 0 Å². The third-order valence-corrected chi connectivity index (χ3v) is 8.94. The minimum Gasteiger partial charge on any atom is -0.480 e. The lowest BCUT2D eigenvalue weighted by Crippen LogP contribution is -2.60. The molecule has 0 aromatic rings. The van der Waals surface area contributed by atoms with Gasteiger partial charge in [0, 0.05) is 6.54 Å². The van der Waals surface area contributed by atoms with Crippen LogP contribution in [0, 0.1) is 17.8 Å². The number of carboxylic acids is 1. The topological polar surface area (TPSA) is 299 Å². The predicted molar refractivity (Wildman–Crippen MR) is 191 cm³/mol. The van der Waals surface area contributed by atoms with Gasteiger partial charge in [0.1, 0.15) is 24.2 Å². The maximum absolute atomic E-state index is 13.3. The number of hydrogen-bond donors (Lipinski definition) is 10. The lowest BCUT2D eigenvalue weighted by molar-refractivity contribution is -0.145. The van der Waals surface area contributed by atoms with Crippen LogP contribution in [0.25, 0.3) is 0 Å². The fraction of sp³-hybridized carbons (Fsp3) is 0.765. The fourth-order valence-corrected chi connectivity index (χ4v) is 5.62. The van der Waals surface area contributed by atoms with Gasteiger partial charge in [-0.2, -0.15) is 0 Å². The van der Waals surface area contributed by atoms with Crippen LogP contribution in [-0.2, 0) is 38.4 Å². The van der Waals surface area contributed by atoms with E-state index >= 15 is 0 Å². The molecule has 53 heavy (non-hydrogen) atoms. The first-order valence-electron chi connectivity index (χ1n) is 18.0. The molecule has 9 unspecified atom stereocenters. The SMILES string of the molecule is CCC(C)C(NC(=O)C(NC(=O)CNC(=O)C(N)CC(C)C)C(C)O)C(=O)NCC(=O)N1CCCC1C(=O)NC(C(=O)NC(C(=O)O)C(C)O)C(C)C. The van der Waals surface area contributed by atoms with Gasteiger partial charge in [-0.15, -0.1) is 0 Å². The first kappa shape index (κ1) is 46.7. The second-order valence-corrected chi connectivity index (χ2v) is 14.4. The highest BCUT2D eigenvalue weighted by Crippen LogP contribution is 2.19. The summed E-state index contributed by atoms with van der Waals surface area (Å²) >= 11 is 0. The Labute approximate surface area is 310 Å². The van der Waals surface area contributed by atoms with E-state index < -0.39 is 121 Å². The van der Waals surface area contributed by atoms with Gasteiger partial charge in [-0.25, -0.2) is 4.79 Å². The average Bonchev–Trinajstić information content (AvgIpc) is 3.57. The standard InChI is InChI=1S/C34H60N8O11/c1-9-18(6)26(40-33(51)27(19(7)43)38-23(45)14-36-29(47)21(35)13-16(2)3)31(49)37-15-24(46)42-12-10-11-22(42)30(48)39-25(17(4)5)32(50)41-28(20(8)44)34(52)53/h16-22,25-28,43-44H,9-15,35H2,1-8H3,(H,36,47)(H,37,49)(H,38,45)(H,39,48)(H,40,51)(H,41,50)(H,52,53). The van der Waals surface area contributed by atoms with Gasteiger partial charge in [-0.1, -0.05) is 48.0 Å². The van der Waals surface area contributed by atoms with E-state index in [-0.39, 0.29) is 18.9 Å². The van der Waals surface area contributed by atoms with Crippen LogP contribution in [0.2, 0.25) is 0 Å². The number of aliphatic carboxylic acids is 1. The molecule has 1 heterocycles. The van der Waals surface area contributed by atoms with E-state index in [4.69, 9.17) is 5.73 Å². The zero-order chi connectivity index (χ0) is 40.7. The average molecular weight is 757 g/mol. The van der Waals surface area contributed by atoms with Crippen LogP contribution in [0.5, 0.6) is 0 Å². The second-order valence-electron chi connectivity index (χ2n) is 14.4. The van der Waals surface area contributed by atoms with Crippen LogP contribution < -0.4 is 37.6 Å². The molecule has 19 nitrogen and oxygen atoms in total. The highest BCUT2D eigenvalue weighted by Gasteiger charge is 2.38. The van der Waals surface area contributed by atoms with Crippen molar-refractivity contribution in [1.82, 2.24) is 36.8 Å². The Hall–Kier alpha value is -4.36. The number of nitrogens with zero attached hydrogens (tertiary/aromatic N) is 1. The molecule has 11 N–H and O–H groups in total. The van der Waals surface area contributed by atoms with Crippen molar-refractivity contribution in [3.8, 4) is 0 Å². The number of carbonyl (C=O) groups is 8. The molecular weight excluding hydrogens is 696 g/mol. The summed E-state index contributed by atoms with van der Waals surface area (Å²) in [5, 5.41) is 43.9. The van der Waals surface area contributed by atoms with Gasteiger partial charge in [0.15, 0.2) is 6.04 Å². The van der Waals surface area contributed by atoms with Gasteiger partial charge in [-0.05, 0) is 50.9 Å². The van der Waals surface area contributed by atoms with E-state index in [0.717, 1.165) is 0 Å². The van der Waals surface area contributed by atoms with E-state index in [0.29, 0.717) is 19.3 Å². The van der Waals surface area contributed by atoms with Crippen molar-refractivity contribution < 1.29 is 53.7 Å². The van der Waals surface area contributed by atoms with Gasteiger partial charge >= 0.3 is 5.97 Å². The van der Waals surface area contributed by atoms with Gasteiger partial charge in [0.05, 0.1) is 31.3 Å². The number of rotatable bonds is 21. The van der Waals surface area contributed by atoms with Crippen molar-refractivity contribution >= 4 is 47.3 Å². The Morgan fingerprint density at radius 3 is 1.77 bits per heavy atom. The molecule has 0 saturated carbocycles. The lowest BCUT2D eigenvalue weighted by atomic mass is 9.97. The molecule has 9 atom stereocenters. The minimum absolute atomic E-state index is 0.148. The molecule has 1 saturated heterocycles. The van der Waals surface area contributed by atoms with Gasteiger partial charge in [0.25, 0.3) is 0 Å². The number of nitrogens with one attached hydrogen (secondary N) is 6. The molecule has 302 valence electrons. The summed E-state index contributed by atoms with van der Waals surface area (Å²) in [5.41, 5.74) is 5.83. The number of aliphatic hydroxyl groups is 2. The predicted octanol–water partition coefficient (Wildman–Crippen LogP) is -2.93. The minimum atomic E-state index is -1.60. The van der Waals surface area contributed by atoms with Gasteiger partial charge in [0.2, 0.25) is 41.4 Å². The molecule has 0 aromatic heterocycles. The van der Waals surface area contributed by atoms with Gasteiger partial charge in [-0.3, -0.25) is 33.6 Å². The van der Waals surface area contributed by atoms with Crippen molar-refractivity contribution in [3.05, 3.63) is 0 Å². The number of carboxylic acid groups (broad SMARTS) is 1. The van der Waals surface area contributed by atoms with E-state index in [1.54, 1.807) is 27.7 Å². The van der Waals surface area contributed by atoms with Crippen LogP contribution in [0.4, 0.5) is 0 Å². The summed E-state index contributed by atoms with van der Waals surface area (Å²) in [6, 6.07) is -7.28. The Kier molecular flexibility index (Phi) is 19.4. The first-order chi connectivity index (χ1) is 24.6. The van der Waals surface area contributed by atoms with Crippen molar-refractivity contribution in [1.29, 1.82) is 0 Å². The third kappa shape index (κ3) is 14.9. The Bertz CT molecular complexity index is 1310. The summed E-state index contributed by atoms with van der Waals surface area (Å²) in [7, 11) is 0. The van der Waals surface area contributed by atoms with Crippen molar-refractivity contribution in [2.45, 2.75) is 130 Å². The molecule has 1 fully saturated rings. The van der Waals surface area contributed by atoms with Crippen LogP contribution >= 0.6 is 0 Å². The van der Waals surface area contributed by atoms with E-state index in [9.17, 15) is 53.7 Å². The van der Waals surface area contributed by atoms with Crippen LogP contribution in [0.3, 0.4) is 0 Å². The summed E-state index contributed by atoms with van der Waals surface area (Å²) < 4.78 is 0. The largest absolute Gasteiger partial charge is 0.480 e. The number of carbonyl (C=O) groups excluding carboxylic acids is 7. The molecule has 1 aliphatic heterocycles. The molecule has 0 bridgehead atoms. The van der Waals surface area contributed by atoms with E-state index in [1.165, 1.54) is 18.7 Å². The second kappa shape index (κ2) is 22.0. The first-order valence-corrected chi connectivity index (χ1v) is 18.0. The molecule has 1 rings (SSSR count). The van der Waals surface area contributed by atoms with E-state index in [2.05, 4.69) is 31.9 Å². The zero-order valence-electron chi connectivity index (χ0n) is 31.9. The molecule has 1 aliphatic rings. The monoisotopic (exact) mass is 756 g/mol. The Balaban J connectivity index is 2.93. The summed E-state index contributed by atoms with van der Waals surface area (Å²) in [4.78, 5) is 104. The quantitative estimate of drug-likeness (QED) is 0.0563. The summed E-state index contributed by atoms with van der Waals surface area (Å²) in [6.07, 6.45) is -1.27. The number of likely N-dealkylation sites (tertiary alicyclic amines) is 1. The maximum atomic E-state index is 13.3. The fourth-order valence-electron chi connectivity index (χ4n) is 5.62. The number of nitrogens with two attached hydrogens (primary N) is 1. The normalized spacial score (nSPS) is 18.7. The zero-order valence-corrected chi connectivity index (χ0v) is 31.9. The highest BCUT2D eigenvalue weighted by atomic mass is 16.4. The number of amides is 7. The molecule has 7 amide bonds. The van der Waals surface area contributed by atoms with Crippen molar-refractivity contribution in [2.75, 3.05) is 19.6 Å². The molecule has 0 radical (unpaired) electrons. The number of hydrogen-bond acceptors (Lipinski definition) is 11. The maximum Gasteiger partial charge on any atom is 0.328 e. The van der Waals surface area contributed by atoms with Crippen LogP contribution in [0.15, 0.2) is 0 Å². The summed E-state index contributed by atoms with van der Waals surface area (Å²) in [6.45, 7) is 12.1. The molecule has 0 aromatic carbocycles. The van der Waals surface area contributed by atoms with Crippen LogP contribution in [0.1, 0.15) is 81.1 Å². The van der Waals surface area contributed by atoms with Crippen molar-refractivity contribution in [2.24, 2.45) is 23.5 Å². The Morgan fingerprint density at radius 2 is 1.26 bits per heavy atom.